The molecule has 0 radical (unpaired) electrons. The molecule has 0 spiro atoms. The van der Waals surface area contributed by atoms with E-state index in [-0.39, 0.29) is 34.2 Å². The molecule has 8 N–H and O–H groups in total. The fraction of sp³-hybridized carbons (Fsp3) is 0.500. The van der Waals surface area contributed by atoms with Gasteiger partial charge in [0.05, 0.1) is 0 Å². The Morgan fingerprint density at radius 3 is 1.59 bits per heavy atom. The van der Waals surface area contributed by atoms with Crippen LogP contribution < -0.4 is 22.6 Å². The summed E-state index contributed by atoms with van der Waals surface area (Å²) in [5.41, 5.74) is 9.43. The van der Waals surface area contributed by atoms with Crippen LogP contribution in [0.25, 0.3) is 22.3 Å². The molecule has 252 valence electrons. The van der Waals surface area contributed by atoms with E-state index in [1.165, 1.54) is 0 Å². The van der Waals surface area contributed by atoms with Crippen molar-refractivity contribution in [1.82, 2.24) is 39.0 Å². The average Bonchev–Trinajstić information content (AvgIpc) is 3.72. The zero-order valence-electron chi connectivity index (χ0n) is 22.8. The number of nitrogens with one attached hydrogen (secondary N) is 2. The second-order valence-electron chi connectivity index (χ2n) is 10.5. The van der Waals surface area contributed by atoms with Crippen molar-refractivity contribution in [2.45, 2.75) is 49.2 Å². The van der Waals surface area contributed by atoms with E-state index in [9.17, 15) is 19.4 Å². The van der Waals surface area contributed by atoms with Gasteiger partial charge in [-0.1, -0.05) is 0 Å². The third kappa shape index (κ3) is 5.65. The summed E-state index contributed by atoms with van der Waals surface area (Å²) in [6.07, 6.45) is -11.0. The van der Waals surface area contributed by atoms with Crippen LogP contribution in [0, 0.1) is 0 Å². The molecule has 4 aromatic heterocycles. The molecule has 7 heterocycles. The molecule has 26 heteroatoms. The Labute approximate surface area is 265 Å². The maximum absolute atomic E-state index is 16.0. The van der Waals surface area contributed by atoms with E-state index in [4.69, 9.17) is 39.0 Å². The quantitative estimate of drug-likeness (QED) is 0.0942. The van der Waals surface area contributed by atoms with E-state index < -0.39 is 87.8 Å². The Morgan fingerprint density at radius 2 is 1.20 bits per heavy atom. The molecule has 0 bridgehead atoms. The van der Waals surface area contributed by atoms with Crippen LogP contribution in [0.3, 0.4) is 0 Å². The van der Waals surface area contributed by atoms with Gasteiger partial charge in [0.15, 0.2) is 0 Å². The Kier molecular flexibility index (Phi) is 8.01. The number of nitrogens with two attached hydrogens (primary N) is 2. The van der Waals surface area contributed by atoms with Gasteiger partial charge in [-0.05, 0) is 0 Å². The van der Waals surface area contributed by atoms with E-state index in [1.807, 2.05) is 0 Å². The predicted octanol–water partition coefficient (Wildman–Crippen LogP) is -0.631. The van der Waals surface area contributed by atoms with Gasteiger partial charge in [-0.15, -0.1) is 0 Å². The second kappa shape index (κ2) is 11.5. The number of halogens is 2. The van der Waals surface area contributed by atoms with Gasteiger partial charge in [-0.25, -0.2) is 0 Å². The van der Waals surface area contributed by atoms with Crippen LogP contribution in [0.5, 0.6) is 0 Å². The first-order chi connectivity index (χ1) is 21.7. The third-order valence-electron chi connectivity index (χ3n) is 7.43. The Bertz CT molecular complexity index is 1800. The van der Waals surface area contributed by atoms with Crippen molar-refractivity contribution >= 4 is 73.0 Å². The molecular formula is C20H26F2N10O10P2S2. The molecule has 3 aliphatic rings. The summed E-state index contributed by atoms with van der Waals surface area (Å²) < 4.78 is 68.2. The number of thiol groups is 2. The second-order valence-corrected chi connectivity index (χ2v) is 17.1. The molecule has 3 aliphatic heterocycles. The first-order valence-corrected chi connectivity index (χ1v) is 19.4. The van der Waals surface area contributed by atoms with Gasteiger partial charge in [0.25, 0.3) is 0 Å². The number of alkyl halides is 2. The summed E-state index contributed by atoms with van der Waals surface area (Å²) in [5.74, 6) is -0.520. The summed E-state index contributed by atoms with van der Waals surface area (Å²) in [4.78, 5) is 66.9. The van der Waals surface area contributed by atoms with Crippen LogP contribution >= 0.6 is 38.8 Å². The number of ether oxygens (including phenoxy) is 2. The molecule has 20 nitrogen and oxygen atoms in total. The topological polar surface area (TPSA) is 275 Å². The zero-order chi connectivity index (χ0) is 32.7. The van der Waals surface area contributed by atoms with Crippen molar-refractivity contribution in [2.75, 3.05) is 24.7 Å². The van der Waals surface area contributed by atoms with Gasteiger partial charge < -0.3 is 0 Å². The molecule has 0 aliphatic carbocycles. The van der Waals surface area contributed by atoms with Gasteiger partial charge in [-0.3, -0.25) is 0 Å². The number of hydrogen-bond acceptors (Lipinski definition) is 18. The van der Waals surface area contributed by atoms with Gasteiger partial charge in [-0.2, -0.15) is 0 Å². The first kappa shape index (κ1) is 32.0. The number of nitrogen functional groups attached to an aromatic ring is 2. The van der Waals surface area contributed by atoms with E-state index in [0.29, 0.717) is 0 Å². The molecular weight excluding hydrogens is 704 g/mol. The standard InChI is InChI=1S/C20H26F2N10O10P2S2/c21-7-11-5(39-17(7)31-3-25-9-13(31)27-19(23)29-15(9)33)1-37-43(35,45)42-12-6(2-38-44(36,46)41-11)40-18(8(12)22)32-4-26-10-14(32)28-20(24)30-16(10)34/h3-8,11-12,17-18,35-36,43-46H,1-2H2,(H3,23,27,29,33)(H3,24,28,30,34). The molecule has 3 fully saturated rings. The van der Waals surface area contributed by atoms with Crippen LogP contribution in [-0.4, -0.2) is 98.8 Å². The van der Waals surface area contributed by atoms with Gasteiger partial charge in [0.2, 0.25) is 0 Å². The number of hydrogen-bond donors (Lipinski definition) is 8. The minimum absolute atomic E-state index is 0.105. The Hall–Kier alpha value is -2.60. The number of aromatic nitrogens is 8. The van der Waals surface area contributed by atoms with Crippen molar-refractivity contribution in [2.24, 2.45) is 0 Å². The van der Waals surface area contributed by atoms with E-state index >= 15 is 8.78 Å². The molecule has 0 amide bonds. The first-order valence-electron chi connectivity index (χ1n) is 13.3. The van der Waals surface area contributed by atoms with Crippen molar-refractivity contribution in [3.63, 3.8) is 0 Å². The van der Waals surface area contributed by atoms with E-state index in [2.05, 4.69) is 54.4 Å². The van der Waals surface area contributed by atoms with E-state index in [0.717, 1.165) is 21.8 Å². The van der Waals surface area contributed by atoms with Gasteiger partial charge in [0.1, 0.15) is 0 Å². The average molecular weight is 731 g/mol. The van der Waals surface area contributed by atoms with Crippen LogP contribution in [0.1, 0.15) is 12.5 Å². The predicted molar refractivity (Wildman–Crippen MR) is 163 cm³/mol. The van der Waals surface area contributed by atoms with Crippen LogP contribution in [0.4, 0.5) is 20.7 Å². The number of nitrogens with zero attached hydrogens (tertiary/aromatic N) is 6. The molecule has 4 aromatic rings. The monoisotopic (exact) mass is 730 g/mol. The molecule has 0 aromatic carbocycles. The number of imidazole rings is 2. The molecule has 8 atom stereocenters. The Morgan fingerprint density at radius 1 is 0.804 bits per heavy atom. The molecule has 46 heavy (non-hydrogen) atoms. The normalized spacial score (nSPS) is 34.4. The number of aromatic amines is 2. The van der Waals surface area contributed by atoms with Crippen molar-refractivity contribution in [1.29, 1.82) is 0 Å². The number of fused-ring (bicyclic) bond motifs is 4. The third-order valence-corrected chi connectivity index (χ3v) is 11.1. The Balaban J connectivity index is 1.17. The number of rotatable bonds is 2. The fourth-order valence-corrected chi connectivity index (χ4v) is 8.80. The van der Waals surface area contributed by atoms with Crippen LogP contribution in [-0.2, 0) is 27.6 Å². The van der Waals surface area contributed by atoms with Crippen molar-refractivity contribution < 1.29 is 46.1 Å². The molecule has 8 unspecified atom stereocenters. The molecule has 3 saturated heterocycles. The van der Waals surface area contributed by atoms with Crippen molar-refractivity contribution in [3.8, 4) is 0 Å². The van der Waals surface area contributed by atoms with Gasteiger partial charge >= 0.3 is 265 Å². The van der Waals surface area contributed by atoms with Crippen LogP contribution in [0.2, 0.25) is 0 Å². The fourth-order valence-electron chi connectivity index (χ4n) is 5.45. The molecule has 7 rings (SSSR count). The minimum atomic E-state index is -4.56. The van der Waals surface area contributed by atoms with Gasteiger partial charge in [0, 0.05) is 0 Å². The SMILES string of the molecule is Nc1nc2c(ncn2C2OC3CO[PH](O)(S)OC4C(CO[PH](O)(S)OC3C2F)OC(n2cnc3c(=O)[nH]c(N)nc32)C4F)c(=O)[nH]1. The summed E-state index contributed by atoms with van der Waals surface area (Å²) in [6.45, 7) is -1.27. The summed E-state index contributed by atoms with van der Waals surface area (Å²) >= 11 is 8.20. The van der Waals surface area contributed by atoms with Crippen LogP contribution in [0.15, 0.2) is 22.2 Å². The summed E-state index contributed by atoms with van der Waals surface area (Å²) in [5, 5.41) is 0. The summed E-state index contributed by atoms with van der Waals surface area (Å²) in [6, 6.07) is 0. The maximum atomic E-state index is 16.0. The zero-order valence-corrected chi connectivity index (χ0v) is 26.6. The van der Waals surface area contributed by atoms with E-state index in [1.54, 1.807) is 0 Å². The summed E-state index contributed by atoms with van der Waals surface area (Å²) in [7, 11) is -9.13. The number of H-pyrrole nitrogens is 2. The van der Waals surface area contributed by atoms with Crippen molar-refractivity contribution in [3.05, 3.63) is 33.4 Å². The molecule has 0 saturated carbocycles. The number of anilines is 2.